The van der Waals surface area contributed by atoms with Gasteiger partial charge in [-0.3, -0.25) is 0 Å². The summed E-state index contributed by atoms with van der Waals surface area (Å²) in [5.41, 5.74) is 3.32. The second-order valence-corrected chi connectivity index (χ2v) is 5.60. The van der Waals surface area contributed by atoms with E-state index in [1.807, 2.05) is 36.4 Å². The van der Waals surface area contributed by atoms with Crippen molar-refractivity contribution in [3.05, 3.63) is 64.5 Å². The Labute approximate surface area is 118 Å². The van der Waals surface area contributed by atoms with Crippen LogP contribution in [0.25, 0.3) is 21.8 Å². The number of aromatic nitrogens is 1. The molecule has 0 atom stereocenters. The molecular weight excluding hydrogens is 306 g/mol. The van der Waals surface area contributed by atoms with Crippen LogP contribution in [0.2, 0.25) is 0 Å². The lowest BCUT2D eigenvalue weighted by Crippen LogP contribution is -1.80. The van der Waals surface area contributed by atoms with E-state index in [4.69, 9.17) is 4.98 Å². The second-order valence-electron chi connectivity index (χ2n) is 3.88. The molecule has 1 heterocycles. The van der Waals surface area contributed by atoms with Crippen molar-refractivity contribution in [2.24, 2.45) is 0 Å². The molecule has 2 aromatic carbocycles. The highest BCUT2D eigenvalue weighted by molar-refractivity contribution is 9.10. The standard InChI is InChI=1S/C15H10BrNS/c16-13-9-5-4-8-12(13)14-10-18-15(17-14)11-6-2-1-3-7-11/h1-10H. The van der Waals surface area contributed by atoms with Crippen molar-refractivity contribution in [1.82, 2.24) is 4.98 Å². The van der Waals surface area contributed by atoms with Crippen LogP contribution in [0.1, 0.15) is 0 Å². The van der Waals surface area contributed by atoms with Gasteiger partial charge >= 0.3 is 0 Å². The number of nitrogens with zero attached hydrogens (tertiary/aromatic N) is 1. The normalized spacial score (nSPS) is 10.5. The Balaban J connectivity index is 2.03. The first kappa shape index (κ1) is 11.6. The van der Waals surface area contributed by atoms with Gasteiger partial charge in [0.25, 0.3) is 0 Å². The molecule has 18 heavy (non-hydrogen) atoms. The summed E-state index contributed by atoms with van der Waals surface area (Å²) in [4.78, 5) is 4.70. The van der Waals surface area contributed by atoms with Gasteiger partial charge in [-0.05, 0) is 6.07 Å². The molecule has 0 aliphatic rings. The van der Waals surface area contributed by atoms with Crippen molar-refractivity contribution in [3.8, 4) is 21.8 Å². The molecule has 0 radical (unpaired) electrons. The summed E-state index contributed by atoms with van der Waals surface area (Å²) < 4.78 is 1.08. The van der Waals surface area contributed by atoms with E-state index >= 15 is 0 Å². The van der Waals surface area contributed by atoms with E-state index in [9.17, 15) is 0 Å². The van der Waals surface area contributed by atoms with Gasteiger partial charge in [0, 0.05) is 21.0 Å². The molecule has 3 heteroatoms. The molecule has 0 saturated carbocycles. The average molecular weight is 316 g/mol. The zero-order chi connectivity index (χ0) is 12.4. The van der Waals surface area contributed by atoms with Crippen LogP contribution in [-0.4, -0.2) is 4.98 Å². The molecule has 0 amide bonds. The van der Waals surface area contributed by atoms with Gasteiger partial charge in [0.2, 0.25) is 0 Å². The van der Waals surface area contributed by atoms with E-state index in [-0.39, 0.29) is 0 Å². The molecule has 0 aliphatic heterocycles. The molecule has 0 spiro atoms. The van der Waals surface area contributed by atoms with Crippen LogP contribution >= 0.6 is 27.3 Å². The summed E-state index contributed by atoms with van der Waals surface area (Å²) in [6.07, 6.45) is 0. The molecule has 1 nitrogen and oxygen atoms in total. The van der Waals surface area contributed by atoms with Gasteiger partial charge in [-0.25, -0.2) is 4.98 Å². The second kappa shape index (κ2) is 5.04. The molecule has 3 aromatic rings. The molecule has 3 rings (SSSR count). The highest BCUT2D eigenvalue weighted by Crippen LogP contribution is 2.32. The fourth-order valence-corrected chi connectivity index (χ4v) is 3.09. The van der Waals surface area contributed by atoms with E-state index in [1.54, 1.807) is 11.3 Å². The maximum absolute atomic E-state index is 4.70. The number of thiazole rings is 1. The first-order valence-corrected chi connectivity index (χ1v) is 7.28. The van der Waals surface area contributed by atoms with E-state index in [0.29, 0.717) is 0 Å². The minimum absolute atomic E-state index is 1.02. The minimum Gasteiger partial charge on any atom is -0.236 e. The summed E-state index contributed by atoms with van der Waals surface area (Å²) in [7, 11) is 0. The van der Waals surface area contributed by atoms with Crippen LogP contribution in [0.15, 0.2) is 64.5 Å². The molecule has 0 saturated heterocycles. The van der Waals surface area contributed by atoms with Crippen LogP contribution in [0.4, 0.5) is 0 Å². The summed E-state index contributed by atoms with van der Waals surface area (Å²) >= 11 is 5.24. The van der Waals surface area contributed by atoms with Gasteiger partial charge in [-0.1, -0.05) is 64.5 Å². The van der Waals surface area contributed by atoms with Crippen molar-refractivity contribution in [3.63, 3.8) is 0 Å². The topological polar surface area (TPSA) is 12.9 Å². The Morgan fingerprint density at radius 2 is 1.61 bits per heavy atom. The fraction of sp³-hybridized carbons (Fsp3) is 0. The Hall–Kier alpha value is -1.45. The van der Waals surface area contributed by atoms with Crippen LogP contribution in [0, 0.1) is 0 Å². The lowest BCUT2D eigenvalue weighted by atomic mass is 10.2. The number of benzene rings is 2. The summed E-state index contributed by atoms with van der Waals surface area (Å²) in [6, 6.07) is 18.4. The van der Waals surface area contributed by atoms with Gasteiger partial charge in [0.15, 0.2) is 0 Å². The first-order chi connectivity index (χ1) is 8.84. The van der Waals surface area contributed by atoms with Gasteiger partial charge in [0.1, 0.15) is 5.01 Å². The molecule has 0 fully saturated rings. The molecule has 0 bridgehead atoms. The minimum atomic E-state index is 1.02. The Morgan fingerprint density at radius 1 is 0.889 bits per heavy atom. The summed E-state index contributed by atoms with van der Waals surface area (Å²) in [5.74, 6) is 0. The van der Waals surface area contributed by atoms with E-state index in [2.05, 4.69) is 39.5 Å². The van der Waals surface area contributed by atoms with Crippen molar-refractivity contribution < 1.29 is 0 Å². The number of rotatable bonds is 2. The highest BCUT2D eigenvalue weighted by Gasteiger charge is 2.08. The van der Waals surface area contributed by atoms with E-state index in [0.717, 1.165) is 20.7 Å². The molecule has 0 aliphatic carbocycles. The van der Waals surface area contributed by atoms with Crippen molar-refractivity contribution in [1.29, 1.82) is 0 Å². The van der Waals surface area contributed by atoms with Crippen molar-refractivity contribution in [2.75, 3.05) is 0 Å². The monoisotopic (exact) mass is 315 g/mol. The van der Waals surface area contributed by atoms with Crippen LogP contribution in [-0.2, 0) is 0 Å². The zero-order valence-corrected chi connectivity index (χ0v) is 11.9. The predicted molar refractivity (Wildman–Crippen MR) is 80.7 cm³/mol. The third kappa shape index (κ3) is 2.24. The first-order valence-electron chi connectivity index (χ1n) is 5.60. The number of halogens is 1. The van der Waals surface area contributed by atoms with E-state index < -0.39 is 0 Å². The largest absolute Gasteiger partial charge is 0.236 e. The van der Waals surface area contributed by atoms with Crippen molar-refractivity contribution in [2.45, 2.75) is 0 Å². The highest BCUT2D eigenvalue weighted by atomic mass is 79.9. The fourth-order valence-electron chi connectivity index (χ4n) is 1.78. The quantitative estimate of drug-likeness (QED) is 0.630. The number of hydrogen-bond donors (Lipinski definition) is 0. The van der Waals surface area contributed by atoms with Crippen molar-refractivity contribution >= 4 is 27.3 Å². The van der Waals surface area contributed by atoms with Gasteiger partial charge in [0.05, 0.1) is 5.69 Å². The zero-order valence-electron chi connectivity index (χ0n) is 9.51. The Morgan fingerprint density at radius 3 is 2.39 bits per heavy atom. The summed E-state index contributed by atoms with van der Waals surface area (Å²) in [6.45, 7) is 0. The lowest BCUT2D eigenvalue weighted by molar-refractivity contribution is 1.39. The smallest absolute Gasteiger partial charge is 0.124 e. The predicted octanol–water partition coefficient (Wildman–Crippen LogP) is 5.24. The van der Waals surface area contributed by atoms with Gasteiger partial charge < -0.3 is 0 Å². The Kier molecular flexibility index (Phi) is 3.26. The molecule has 0 unspecified atom stereocenters. The Bertz CT molecular complexity index is 661. The average Bonchev–Trinajstić information content (AvgIpc) is 2.90. The summed E-state index contributed by atoms with van der Waals surface area (Å²) in [5, 5.41) is 3.16. The van der Waals surface area contributed by atoms with Crippen LogP contribution in [0.3, 0.4) is 0 Å². The molecule has 0 N–H and O–H groups in total. The maximum atomic E-state index is 4.70. The third-order valence-electron chi connectivity index (χ3n) is 2.67. The van der Waals surface area contributed by atoms with E-state index in [1.165, 1.54) is 5.56 Å². The van der Waals surface area contributed by atoms with Gasteiger partial charge in [-0.2, -0.15) is 0 Å². The maximum Gasteiger partial charge on any atom is 0.124 e. The molecule has 1 aromatic heterocycles. The third-order valence-corrected chi connectivity index (χ3v) is 4.26. The number of hydrogen-bond acceptors (Lipinski definition) is 2. The van der Waals surface area contributed by atoms with Crippen LogP contribution in [0.5, 0.6) is 0 Å². The van der Waals surface area contributed by atoms with Crippen LogP contribution < -0.4 is 0 Å². The van der Waals surface area contributed by atoms with Gasteiger partial charge in [-0.15, -0.1) is 11.3 Å². The lowest BCUT2D eigenvalue weighted by Gasteiger charge is -1.99. The molecular formula is C15H10BrNS. The molecule has 88 valence electrons. The SMILES string of the molecule is Brc1ccccc1-c1csc(-c2ccccc2)n1.